The van der Waals surface area contributed by atoms with Crippen LogP contribution >= 0.6 is 11.6 Å². The average molecular weight is 366 g/mol. The summed E-state index contributed by atoms with van der Waals surface area (Å²) in [6, 6.07) is 8.84. The average Bonchev–Trinajstić information content (AvgIpc) is 3.06. The van der Waals surface area contributed by atoms with Gasteiger partial charge in [-0.15, -0.1) is 0 Å². The van der Waals surface area contributed by atoms with Gasteiger partial charge in [0.15, 0.2) is 0 Å². The molecule has 0 radical (unpaired) electrons. The van der Waals surface area contributed by atoms with Crippen LogP contribution in [0, 0.1) is 0 Å². The lowest BCUT2D eigenvalue weighted by Crippen LogP contribution is -2.27. The van der Waals surface area contributed by atoms with Gasteiger partial charge in [0.05, 0.1) is 24.1 Å². The highest BCUT2D eigenvalue weighted by atomic mass is 35.5. The molecule has 0 N–H and O–H groups in total. The van der Waals surface area contributed by atoms with Gasteiger partial charge < -0.3 is 4.90 Å². The van der Waals surface area contributed by atoms with Gasteiger partial charge in [-0.3, -0.25) is 9.36 Å². The Labute approximate surface area is 146 Å². The zero-order valence-corrected chi connectivity index (χ0v) is 13.9. The van der Waals surface area contributed by atoms with E-state index in [9.17, 15) is 13.6 Å². The van der Waals surface area contributed by atoms with Crippen LogP contribution in [0.5, 0.6) is 0 Å². The quantitative estimate of drug-likeness (QED) is 0.697. The van der Waals surface area contributed by atoms with E-state index in [1.807, 2.05) is 6.07 Å². The minimum absolute atomic E-state index is 0.0449. The first-order valence-corrected chi connectivity index (χ1v) is 7.71. The van der Waals surface area contributed by atoms with Crippen LogP contribution in [-0.4, -0.2) is 26.4 Å². The minimum atomic E-state index is -2.69. The Morgan fingerprint density at radius 2 is 2.00 bits per heavy atom. The molecule has 130 valence electrons. The zero-order valence-electron chi connectivity index (χ0n) is 13.2. The topological polar surface area (TPSA) is 56.0 Å². The number of alkyl halides is 2. The highest BCUT2D eigenvalue weighted by Gasteiger charge is 2.17. The number of benzene rings is 1. The number of hydrogen-bond acceptors (Lipinski definition) is 4. The van der Waals surface area contributed by atoms with Crippen LogP contribution < -0.4 is 10.5 Å². The van der Waals surface area contributed by atoms with Gasteiger partial charge in [0, 0.05) is 19.4 Å². The van der Waals surface area contributed by atoms with Gasteiger partial charge in [-0.1, -0.05) is 29.8 Å². The maximum absolute atomic E-state index is 12.9. The largest absolute Gasteiger partial charge is 0.364 e. The number of aromatic nitrogens is 4. The molecule has 0 spiro atoms. The molecule has 2 heterocycles. The monoisotopic (exact) mass is 365 g/mol. The summed E-state index contributed by atoms with van der Waals surface area (Å²) < 4.78 is 27.8. The maximum Gasteiger partial charge on any atom is 0.319 e. The van der Waals surface area contributed by atoms with Gasteiger partial charge in [-0.2, -0.15) is 18.6 Å². The van der Waals surface area contributed by atoms with Gasteiger partial charge >= 0.3 is 6.55 Å². The van der Waals surface area contributed by atoms with Crippen LogP contribution in [0.25, 0.3) is 5.69 Å². The van der Waals surface area contributed by atoms with Crippen molar-refractivity contribution in [1.29, 1.82) is 0 Å². The fourth-order valence-electron chi connectivity index (χ4n) is 2.38. The second-order valence-corrected chi connectivity index (χ2v) is 5.66. The van der Waals surface area contributed by atoms with Gasteiger partial charge in [0.25, 0.3) is 5.56 Å². The second kappa shape index (κ2) is 7.02. The number of halogens is 3. The number of para-hydroxylation sites is 1. The molecule has 9 heteroatoms. The van der Waals surface area contributed by atoms with Crippen LogP contribution in [0.3, 0.4) is 0 Å². The predicted molar refractivity (Wildman–Crippen MR) is 90.4 cm³/mol. The Morgan fingerprint density at radius 3 is 2.68 bits per heavy atom. The summed E-state index contributed by atoms with van der Waals surface area (Å²) in [6.07, 6.45) is 3.91. The first kappa shape index (κ1) is 17.1. The first-order chi connectivity index (χ1) is 12.0. The molecule has 0 aliphatic rings. The Balaban J connectivity index is 1.91. The number of hydrogen-bond donors (Lipinski definition) is 0. The Morgan fingerprint density at radius 1 is 1.28 bits per heavy atom. The molecule has 6 nitrogen and oxygen atoms in total. The Bertz CT molecular complexity index is 926. The molecule has 0 saturated heterocycles. The standard InChI is InChI=1S/C16H14ClF2N5O/c1-22(10-13-20-7-8-23(13)16(18)19)12-9-21-24(15(25)14(12)17)11-5-3-2-4-6-11/h2-9,16H,10H2,1H3. The summed E-state index contributed by atoms with van der Waals surface area (Å²) in [7, 11) is 1.62. The third-order valence-electron chi connectivity index (χ3n) is 3.65. The third-order valence-corrected chi connectivity index (χ3v) is 4.01. The van der Waals surface area contributed by atoms with Gasteiger partial charge in [0.2, 0.25) is 0 Å². The molecule has 0 saturated carbocycles. The fourth-order valence-corrected chi connectivity index (χ4v) is 2.66. The molecular weight excluding hydrogens is 352 g/mol. The zero-order chi connectivity index (χ0) is 18.0. The summed E-state index contributed by atoms with van der Waals surface area (Å²) >= 11 is 6.20. The molecule has 2 aromatic heterocycles. The van der Waals surface area contributed by atoms with Gasteiger partial charge in [-0.05, 0) is 12.1 Å². The number of imidazole rings is 1. The van der Waals surface area contributed by atoms with Crippen molar-refractivity contribution in [2.45, 2.75) is 13.1 Å². The van der Waals surface area contributed by atoms with Gasteiger partial charge in [-0.25, -0.2) is 4.98 Å². The maximum atomic E-state index is 12.9. The SMILES string of the molecule is CN(Cc1nccn1C(F)F)c1cnn(-c2ccccc2)c(=O)c1Cl. The van der Waals surface area contributed by atoms with Crippen LogP contribution in [-0.2, 0) is 6.54 Å². The van der Waals surface area contributed by atoms with Gasteiger partial charge in [0.1, 0.15) is 10.8 Å². The molecule has 0 fully saturated rings. The molecule has 25 heavy (non-hydrogen) atoms. The summed E-state index contributed by atoms with van der Waals surface area (Å²) in [6.45, 7) is -2.64. The van der Waals surface area contributed by atoms with E-state index in [-0.39, 0.29) is 17.4 Å². The van der Waals surface area contributed by atoms with Crippen molar-refractivity contribution >= 4 is 17.3 Å². The van der Waals surface area contributed by atoms with Crippen molar-refractivity contribution in [1.82, 2.24) is 19.3 Å². The highest BCUT2D eigenvalue weighted by Crippen LogP contribution is 2.23. The summed E-state index contributed by atoms with van der Waals surface area (Å²) in [5, 5.41) is 4.07. The smallest absolute Gasteiger partial charge is 0.319 e. The highest BCUT2D eigenvalue weighted by molar-refractivity contribution is 6.33. The lowest BCUT2D eigenvalue weighted by Gasteiger charge is -2.20. The molecule has 0 atom stereocenters. The van der Waals surface area contributed by atoms with E-state index in [2.05, 4.69) is 10.1 Å². The van der Waals surface area contributed by atoms with Crippen molar-refractivity contribution in [3.8, 4) is 5.69 Å². The summed E-state index contributed by atoms with van der Waals surface area (Å²) in [5.74, 6) is 0.154. The molecule has 0 bridgehead atoms. The number of nitrogens with zero attached hydrogens (tertiary/aromatic N) is 5. The van der Waals surface area contributed by atoms with Crippen molar-refractivity contribution in [2.24, 2.45) is 0 Å². The second-order valence-electron chi connectivity index (χ2n) is 5.28. The van der Waals surface area contributed by atoms with E-state index in [1.54, 1.807) is 36.2 Å². The van der Waals surface area contributed by atoms with Crippen LogP contribution in [0.15, 0.2) is 53.7 Å². The number of anilines is 1. The summed E-state index contributed by atoms with van der Waals surface area (Å²) in [5.41, 5.74) is 0.425. The molecule has 0 aliphatic heterocycles. The number of rotatable bonds is 5. The lowest BCUT2D eigenvalue weighted by molar-refractivity contribution is 0.0670. The predicted octanol–water partition coefficient (Wildman–Crippen LogP) is 3.11. The van der Waals surface area contributed by atoms with E-state index in [4.69, 9.17) is 11.6 Å². The van der Waals surface area contributed by atoms with Crippen LogP contribution in [0.4, 0.5) is 14.5 Å². The molecule has 0 aliphatic carbocycles. The molecule has 3 rings (SSSR count). The van der Waals surface area contributed by atoms with E-state index in [0.29, 0.717) is 11.4 Å². The first-order valence-electron chi connectivity index (χ1n) is 7.33. The van der Waals surface area contributed by atoms with E-state index in [1.165, 1.54) is 23.3 Å². The molecule has 1 aromatic carbocycles. The molecule has 3 aromatic rings. The molecule has 0 amide bonds. The molecular formula is C16H14ClF2N5O. The van der Waals surface area contributed by atoms with E-state index >= 15 is 0 Å². The van der Waals surface area contributed by atoms with E-state index < -0.39 is 12.1 Å². The Kier molecular flexibility index (Phi) is 4.80. The minimum Gasteiger partial charge on any atom is -0.364 e. The summed E-state index contributed by atoms with van der Waals surface area (Å²) in [4.78, 5) is 17.9. The van der Waals surface area contributed by atoms with Crippen molar-refractivity contribution < 1.29 is 8.78 Å². The fraction of sp³-hybridized carbons (Fsp3) is 0.188. The molecule has 0 unspecified atom stereocenters. The van der Waals surface area contributed by atoms with Crippen LogP contribution in [0.1, 0.15) is 12.4 Å². The Hall–Kier alpha value is -2.74. The van der Waals surface area contributed by atoms with Crippen LogP contribution in [0.2, 0.25) is 5.02 Å². The van der Waals surface area contributed by atoms with Crippen molar-refractivity contribution in [3.05, 3.63) is 70.1 Å². The van der Waals surface area contributed by atoms with Crippen molar-refractivity contribution in [3.63, 3.8) is 0 Å². The third kappa shape index (κ3) is 3.39. The normalized spacial score (nSPS) is 11.1. The van der Waals surface area contributed by atoms with E-state index in [0.717, 1.165) is 4.57 Å². The lowest BCUT2D eigenvalue weighted by atomic mass is 10.3. The van der Waals surface area contributed by atoms with Crippen molar-refractivity contribution in [2.75, 3.05) is 11.9 Å².